The molecular formula is C12H14BrCl2NO. The summed E-state index contributed by atoms with van der Waals surface area (Å²) in [5.41, 5.74) is 0.822. The van der Waals surface area contributed by atoms with Gasteiger partial charge in [0.05, 0.1) is 15.7 Å². The van der Waals surface area contributed by atoms with Crippen molar-refractivity contribution in [3.05, 3.63) is 26.7 Å². The molecule has 1 fully saturated rings. The van der Waals surface area contributed by atoms with Crippen LogP contribution in [0.5, 0.6) is 0 Å². The SMILES string of the molecule is Clc1cc(Br)cc(Cl)c1NCC1CCOCC1. The molecule has 1 aromatic rings. The van der Waals surface area contributed by atoms with Crippen LogP contribution in [0.2, 0.25) is 10.0 Å². The summed E-state index contributed by atoms with van der Waals surface area (Å²) in [5, 5.41) is 4.64. The van der Waals surface area contributed by atoms with Crippen molar-refractivity contribution in [3.63, 3.8) is 0 Å². The molecule has 0 unspecified atom stereocenters. The van der Waals surface area contributed by atoms with Crippen molar-refractivity contribution in [1.29, 1.82) is 0 Å². The summed E-state index contributed by atoms with van der Waals surface area (Å²) in [4.78, 5) is 0. The van der Waals surface area contributed by atoms with Crippen LogP contribution in [0.25, 0.3) is 0 Å². The monoisotopic (exact) mass is 337 g/mol. The van der Waals surface area contributed by atoms with E-state index in [0.717, 1.165) is 42.8 Å². The fourth-order valence-electron chi connectivity index (χ4n) is 1.91. The van der Waals surface area contributed by atoms with Gasteiger partial charge in [-0.1, -0.05) is 39.1 Å². The van der Waals surface area contributed by atoms with Gasteiger partial charge in [-0.15, -0.1) is 0 Å². The van der Waals surface area contributed by atoms with E-state index in [0.29, 0.717) is 16.0 Å². The number of anilines is 1. The molecule has 0 aromatic heterocycles. The smallest absolute Gasteiger partial charge is 0.0719 e. The van der Waals surface area contributed by atoms with E-state index in [9.17, 15) is 0 Å². The number of nitrogens with one attached hydrogen (secondary N) is 1. The van der Waals surface area contributed by atoms with Gasteiger partial charge in [-0.2, -0.15) is 0 Å². The third-order valence-corrected chi connectivity index (χ3v) is 3.97. The number of hydrogen-bond donors (Lipinski definition) is 1. The molecule has 2 rings (SSSR count). The summed E-state index contributed by atoms with van der Waals surface area (Å²) in [6, 6.07) is 3.69. The maximum absolute atomic E-state index is 6.15. The molecule has 0 spiro atoms. The molecule has 0 aliphatic carbocycles. The molecule has 2 nitrogen and oxygen atoms in total. The van der Waals surface area contributed by atoms with Crippen molar-refractivity contribution in [1.82, 2.24) is 0 Å². The summed E-state index contributed by atoms with van der Waals surface area (Å²) in [6.45, 7) is 2.60. The Balaban J connectivity index is 1.98. The highest BCUT2D eigenvalue weighted by Gasteiger charge is 2.15. The highest BCUT2D eigenvalue weighted by atomic mass is 79.9. The number of rotatable bonds is 3. The molecule has 1 N–H and O–H groups in total. The quantitative estimate of drug-likeness (QED) is 0.869. The lowest BCUT2D eigenvalue weighted by atomic mass is 10.0. The van der Waals surface area contributed by atoms with Crippen LogP contribution in [-0.4, -0.2) is 19.8 Å². The van der Waals surface area contributed by atoms with Crippen LogP contribution in [0.15, 0.2) is 16.6 Å². The first-order chi connectivity index (χ1) is 8.16. The Hall–Kier alpha value is 0.0400. The minimum atomic E-state index is 0.638. The molecule has 1 aromatic carbocycles. The lowest BCUT2D eigenvalue weighted by molar-refractivity contribution is 0.0699. The van der Waals surface area contributed by atoms with Crippen LogP contribution < -0.4 is 5.32 Å². The van der Waals surface area contributed by atoms with Crippen LogP contribution in [0.3, 0.4) is 0 Å². The summed E-state index contributed by atoms with van der Waals surface area (Å²) >= 11 is 15.7. The van der Waals surface area contributed by atoms with E-state index >= 15 is 0 Å². The average molecular weight is 339 g/mol. The normalized spacial score (nSPS) is 17.1. The first-order valence-corrected chi connectivity index (χ1v) is 7.18. The molecule has 0 atom stereocenters. The van der Waals surface area contributed by atoms with Crippen LogP contribution >= 0.6 is 39.1 Å². The van der Waals surface area contributed by atoms with E-state index in [-0.39, 0.29) is 0 Å². The Morgan fingerprint density at radius 2 is 1.82 bits per heavy atom. The summed E-state index contributed by atoms with van der Waals surface area (Å²) < 4.78 is 6.22. The molecule has 1 aliphatic rings. The molecule has 1 heterocycles. The van der Waals surface area contributed by atoms with Gasteiger partial charge in [0.1, 0.15) is 0 Å². The van der Waals surface area contributed by atoms with Gasteiger partial charge in [-0.3, -0.25) is 0 Å². The van der Waals surface area contributed by atoms with Crippen molar-refractivity contribution < 1.29 is 4.74 Å². The van der Waals surface area contributed by atoms with Crippen LogP contribution in [-0.2, 0) is 4.74 Å². The predicted molar refractivity (Wildman–Crippen MR) is 76.2 cm³/mol. The van der Waals surface area contributed by atoms with Crippen molar-refractivity contribution in [2.75, 3.05) is 25.1 Å². The Bertz CT molecular complexity index is 371. The lowest BCUT2D eigenvalue weighted by Crippen LogP contribution is -2.22. The molecular weight excluding hydrogens is 325 g/mol. The second kappa shape index (κ2) is 6.28. The van der Waals surface area contributed by atoms with Gasteiger partial charge in [0.2, 0.25) is 0 Å². The third kappa shape index (κ3) is 3.75. The second-order valence-corrected chi connectivity index (χ2v) is 5.91. The standard InChI is InChI=1S/C12H14BrCl2NO/c13-9-5-10(14)12(11(15)6-9)16-7-8-1-3-17-4-2-8/h5-6,8,16H,1-4,7H2. The van der Waals surface area contributed by atoms with Crippen LogP contribution in [0, 0.1) is 5.92 Å². The average Bonchev–Trinajstić information content (AvgIpc) is 2.29. The Labute approximate surface area is 120 Å². The summed E-state index contributed by atoms with van der Waals surface area (Å²) in [5.74, 6) is 0.638. The van der Waals surface area contributed by atoms with Gasteiger partial charge in [-0.05, 0) is 30.9 Å². The zero-order valence-electron chi connectivity index (χ0n) is 9.31. The topological polar surface area (TPSA) is 21.3 Å². The minimum absolute atomic E-state index is 0.638. The number of hydrogen-bond acceptors (Lipinski definition) is 2. The zero-order chi connectivity index (χ0) is 12.3. The molecule has 94 valence electrons. The first kappa shape index (κ1) is 13.5. The molecule has 1 saturated heterocycles. The molecule has 0 saturated carbocycles. The number of halogens is 3. The Morgan fingerprint density at radius 1 is 1.24 bits per heavy atom. The Kier molecular flexibility index (Phi) is 4.97. The van der Waals surface area contributed by atoms with Gasteiger partial charge in [0, 0.05) is 24.2 Å². The van der Waals surface area contributed by atoms with E-state index in [2.05, 4.69) is 21.2 Å². The lowest BCUT2D eigenvalue weighted by Gasteiger charge is -2.23. The van der Waals surface area contributed by atoms with E-state index in [4.69, 9.17) is 27.9 Å². The van der Waals surface area contributed by atoms with E-state index in [1.807, 2.05) is 12.1 Å². The summed E-state index contributed by atoms with van der Waals surface area (Å²) in [7, 11) is 0. The van der Waals surface area contributed by atoms with Crippen molar-refractivity contribution in [2.24, 2.45) is 5.92 Å². The maximum atomic E-state index is 6.15. The second-order valence-electron chi connectivity index (χ2n) is 4.18. The highest BCUT2D eigenvalue weighted by Crippen LogP contribution is 2.34. The van der Waals surface area contributed by atoms with Gasteiger partial charge < -0.3 is 10.1 Å². The first-order valence-electron chi connectivity index (χ1n) is 5.63. The fourth-order valence-corrected chi connectivity index (χ4v) is 3.25. The molecule has 0 bridgehead atoms. The predicted octanol–water partition coefficient (Wildman–Crippen LogP) is 4.59. The summed E-state index contributed by atoms with van der Waals surface area (Å²) in [6.07, 6.45) is 2.19. The van der Waals surface area contributed by atoms with Crippen molar-refractivity contribution >= 4 is 44.8 Å². The largest absolute Gasteiger partial charge is 0.382 e. The Morgan fingerprint density at radius 3 is 2.41 bits per heavy atom. The van der Waals surface area contributed by atoms with Gasteiger partial charge >= 0.3 is 0 Å². The maximum Gasteiger partial charge on any atom is 0.0719 e. The van der Waals surface area contributed by atoms with Gasteiger partial charge in [-0.25, -0.2) is 0 Å². The highest BCUT2D eigenvalue weighted by molar-refractivity contribution is 9.10. The third-order valence-electron chi connectivity index (χ3n) is 2.92. The minimum Gasteiger partial charge on any atom is -0.382 e. The molecule has 0 radical (unpaired) electrons. The van der Waals surface area contributed by atoms with Gasteiger partial charge in [0.25, 0.3) is 0 Å². The molecule has 17 heavy (non-hydrogen) atoms. The van der Waals surface area contributed by atoms with Crippen molar-refractivity contribution in [3.8, 4) is 0 Å². The molecule has 0 amide bonds. The van der Waals surface area contributed by atoms with Crippen molar-refractivity contribution in [2.45, 2.75) is 12.8 Å². The molecule has 1 aliphatic heterocycles. The fraction of sp³-hybridized carbons (Fsp3) is 0.500. The van der Waals surface area contributed by atoms with E-state index < -0.39 is 0 Å². The van der Waals surface area contributed by atoms with Gasteiger partial charge in [0.15, 0.2) is 0 Å². The van der Waals surface area contributed by atoms with Crippen LogP contribution in [0.1, 0.15) is 12.8 Å². The molecule has 5 heteroatoms. The van der Waals surface area contributed by atoms with E-state index in [1.165, 1.54) is 0 Å². The van der Waals surface area contributed by atoms with E-state index in [1.54, 1.807) is 0 Å². The number of benzene rings is 1. The number of ether oxygens (including phenoxy) is 1. The van der Waals surface area contributed by atoms with Crippen LogP contribution in [0.4, 0.5) is 5.69 Å². The zero-order valence-corrected chi connectivity index (χ0v) is 12.4.